The van der Waals surface area contributed by atoms with Gasteiger partial charge in [-0.05, 0) is 122 Å². The van der Waals surface area contributed by atoms with Gasteiger partial charge in [0.25, 0.3) is 0 Å². The fourth-order valence-corrected chi connectivity index (χ4v) is 17.1. The lowest BCUT2D eigenvalue weighted by molar-refractivity contribution is -0.156. The normalized spacial score (nSPS) is 19.2. The number of fused-ring (bicyclic) bond motifs is 4. The first kappa shape index (κ1) is 61.7. The highest BCUT2D eigenvalue weighted by Crippen LogP contribution is 2.46. The van der Waals surface area contributed by atoms with E-state index in [0.29, 0.717) is 66.7 Å². The van der Waals surface area contributed by atoms with Crippen molar-refractivity contribution in [3.63, 3.8) is 0 Å². The van der Waals surface area contributed by atoms with E-state index in [1.54, 1.807) is 70.8 Å². The number of amides is 2. The number of nitrogens with one attached hydrogen (secondary N) is 1. The van der Waals surface area contributed by atoms with Crippen molar-refractivity contribution < 1.29 is 51.6 Å². The standard InChI is InChI=1S/C60H86F2N8O9Si/c1-37(2)80(38(3)4,39(5)6)27-22-44-47(61)19-18-40-28-43(76-36-74-17)29-45(49(40)44)51-50(62)52-46(31-63-51)53(66-54(65-52)68-25-24-67(16)42(33-68)30-64-55(72)78-58(10,11)12)69-32-41-20-23-60(34-69,70(41)56(73)79-59(13,14)15)35-75-26-21-48(71)77-57(7,8)9/h18-19,28-29,31,37-39,41-42H,20-21,23-26,30,32-36H2,1-17H3,(H,64,72). The number of carbonyl (C=O) groups is 3. The Kier molecular flexibility index (Phi) is 18.7. The van der Waals surface area contributed by atoms with Gasteiger partial charge in [0.2, 0.25) is 5.95 Å². The number of carbonyl (C=O) groups excluding carboxylic acids is 3. The van der Waals surface area contributed by atoms with Crippen molar-refractivity contribution in [2.75, 3.05) is 83.2 Å². The van der Waals surface area contributed by atoms with Gasteiger partial charge in [-0.3, -0.25) is 19.6 Å². The number of rotatable bonds is 16. The number of pyridine rings is 1. The number of anilines is 2. The average Bonchev–Trinajstić information content (AvgIpc) is 3.82. The molecule has 2 aromatic carbocycles. The Morgan fingerprint density at radius 2 is 1.55 bits per heavy atom. The topological polar surface area (TPSA) is 170 Å². The fourth-order valence-electron chi connectivity index (χ4n) is 11.9. The Morgan fingerprint density at radius 1 is 0.875 bits per heavy atom. The maximum absolute atomic E-state index is 18.5. The predicted molar refractivity (Wildman–Crippen MR) is 311 cm³/mol. The third-order valence-corrected chi connectivity index (χ3v) is 21.7. The molecule has 3 aliphatic rings. The molecule has 5 heterocycles. The smallest absolute Gasteiger partial charge is 0.411 e. The molecule has 2 amide bonds. The lowest BCUT2D eigenvalue weighted by atomic mass is 9.95. The summed E-state index contributed by atoms with van der Waals surface area (Å²) in [5.74, 6) is 2.61. The Labute approximate surface area is 473 Å². The van der Waals surface area contributed by atoms with E-state index in [1.165, 1.54) is 13.2 Å². The minimum Gasteiger partial charge on any atom is -0.468 e. The molecule has 0 spiro atoms. The fraction of sp³-hybridized carbons (Fsp3) is 0.633. The van der Waals surface area contributed by atoms with Crippen LogP contribution in [0.5, 0.6) is 5.75 Å². The molecule has 3 saturated heterocycles. The minimum absolute atomic E-state index is 0.00712. The number of benzene rings is 2. The van der Waals surface area contributed by atoms with Crippen LogP contribution in [-0.4, -0.2) is 159 Å². The van der Waals surface area contributed by atoms with Crippen LogP contribution >= 0.6 is 0 Å². The largest absolute Gasteiger partial charge is 0.468 e. The molecule has 2 aromatic heterocycles. The molecular formula is C60H86F2N8O9Si. The number of methoxy groups -OCH3 is 1. The zero-order valence-electron chi connectivity index (χ0n) is 50.3. The van der Waals surface area contributed by atoms with Crippen LogP contribution in [0.3, 0.4) is 0 Å². The van der Waals surface area contributed by atoms with Crippen LogP contribution in [0.1, 0.15) is 129 Å². The summed E-state index contributed by atoms with van der Waals surface area (Å²) in [6.07, 6.45) is 1.68. The Bertz CT molecular complexity index is 2960. The van der Waals surface area contributed by atoms with E-state index in [0.717, 1.165) is 0 Å². The van der Waals surface area contributed by atoms with Crippen molar-refractivity contribution in [1.29, 1.82) is 0 Å². The predicted octanol–water partition coefficient (Wildman–Crippen LogP) is 11.0. The van der Waals surface area contributed by atoms with Crippen LogP contribution in [0.25, 0.3) is 32.9 Å². The van der Waals surface area contributed by atoms with E-state index in [4.69, 9.17) is 43.4 Å². The van der Waals surface area contributed by atoms with E-state index in [9.17, 15) is 14.4 Å². The van der Waals surface area contributed by atoms with Crippen molar-refractivity contribution in [3.05, 3.63) is 47.7 Å². The zero-order chi connectivity index (χ0) is 58.9. The quantitative estimate of drug-likeness (QED) is 0.0280. The molecule has 0 aliphatic carbocycles. The van der Waals surface area contributed by atoms with Gasteiger partial charge in [-0.25, -0.2) is 23.4 Å². The molecular weight excluding hydrogens is 1040 g/mol. The van der Waals surface area contributed by atoms with Crippen molar-refractivity contribution in [1.82, 2.24) is 30.1 Å². The molecule has 0 saturated carbocycles. The number of esters is 1. The van der Waals surface area contributed by atoms with Crippen molar-refractivity contribution in [3.8, 4) is 28.5 Å². The van der Waals surface area contributed by atoms with Crippen LogP contribution in [0.2, 0.25) is 16.6 Å². The highest BCUT2D eigenvalue weighted by molar-refractivity contribution is 6.90. The molecule has 17 nitrogen and oxygen atoms in total. The van der Waals surface area contributed by atoms with Crippen LogP contribution in [0, 0.1) is 23.1 Å². The first-order chi connectivity index (χ1) is 37.4. The van der Waals surface area contributed by atoms with E-state index in [1.807, 2.05) is 37.6 Å². The summed E-state index contributed by atoms with van der Waals surface area (Å²) in [7, 11) is 1.09. The Hall–Kier alpha value is -5.88. The second-order valence-corrected chi connectivity index (χ2v) is 31.3. The highest BCUT2D eigenvalue weighted by Gasteiger charge is 2.55. The molecule has 2 bridgehead atoms. The number of nitrogens with zero attached hydrogens (tertiary/aromatic N) is 7. The molecule has 3 unspecified atom stereocenters. The number of aromatic nitrogens is 3. The molecule has 1 N–H and O–H groups in total. The molecule has 438 valence electrons. The maximum Gasteiger partial charge on any atom is 0.411 e. The van der Waals surface area contributed by atoms with Crippen molar-refractivity contribution >= 4 is 59.7 Å². The van der Waals surface area contributed by atoms with Crippen LogP contribution in [0.15, 0.2) is 30.5 Å². The summed E-state index contributed by atoms with van der Waals surface area (Å²) in [5.41, 5.74) is 1.63. The van der Waals surface area contributed by atoms with E-state index >= 15 is 8.78 Å². The van der Waals surface area contributed by atoms with Crippen molar-refractivity contribution in [2.24, 2.45) is 0 Å². The second kappa shape index (κ2) is 24.3. The van der Waals surface area contributed by atoms with E-state index in [-0.39, 0.29) is 96.5 Å². The van der Waals surface area contributed by atoms with Gasteiger partial charge in [-0.2, -0.15) is 4.98 Å². The first-order valence-corrected chi connectivity index (χ1v) is 30.4. The van der Waals surface area contributed by atoms with Gasteiger partial charge in [0.1, 0.15) is 53.5 Å². The number of hydrogen-bond donors (Lipinski definition) is 1. The van der Waals surface area contributed by atoms with Crippen LogP contribution < -0.4 is 19.9 Å². The molecule has 3 atom stereocenters. The van der Waals surface area contributed by atoms with Crippen molar-refractivity contribution in [2.45, 2.75) is 174 Å². The van der Waals surface area contributed by atoms with E-state index in [2.05, 4.69) is 63.2 Å². The number of alkyl carbamates (subject to hydrolysis) is 1. The Morgan fingerprint density at radius 3 is 2.19 bits per heavy atom. The van der Waals surface area contributed by atoms with Gasteiger partial charge in [0.05, 0.1) is 42.2 Å². The lowest BCUT2D eigenvalue weighted by Gasteiger charge is -2.49. The average molecular weight is 1130 g/mol. The van der Waals surface area contributed by atoms with E-state index < -0.39 is 60.2 Å². The van der Waals surface area contributed by atoms with Gasteiger partial charge in [0, 0.05) is 69.6 Å². The molecule has 80 heavy (non-hydrogen) atoms. The highest BCUT2D eigenvalue weighted by atomic mass is 28.3. The number of piperazine rings is 2. The number of halogens is 2. The minimum atomic E-state index is -2.39. The molecule has 20 heteroatoms. The van der Waals surface area contributed by atoms with Gasteiger partial charge < -0.3 is 43.5 Å². The van der Waals surface area contributed by atoms with Gasteiger partial charge >= 0.3 is 18.2 Å². The summed E-state index contributed by atoms with van der Waals surface area (Å²) < 4.78 is 70.0. The van der Waals surface area contributed by atoms with Crippen LogP contribution in [0.4, 0.5) is 30.1 Å². The molecule has 3 fully saturated rings. The molecule has 4 aromatic rings. The summed E-state index contributed by atoms with van der Waals surface area (Å²) in [5, 5.41) is 4.17. The monoisotopic (exact) mass is 1130 g/mol. The van der Waals surface area contributed by atoms with Gasteiger partial charge in [0.15, 0.2) is 12.6 Å². The summed E-state index contributed by atoms with van der Waals surface area (Å²) in [6, 6.07) is 5.85. The summed E-state index contributed by atoms with van der Waals surface area (Å²) >= 11 is 0. The third kappa shape index (κ3) is 13.9. The van der Waals surface area contributed by atoms with Gasteiger partial charge in [-0.15, -0.1) is 5.54 Å². The second-order valence-electron chi connectivity index (χ2n) is 25.7. The van der Waals surface area contributed by atoms with Crippen LogP contribution in [-0.2, 0) is 28.5 Å². The Balaban J connectivity index is 1.41. The SMILES string of the molecule is COCOc1cc(-c2ncc3c(N4CC5CCC(COCCC(=O)OC(C)(C)C)(C4)N5C(=O)OC(C)(C)C)nc(N4CCN(C)C(CNC(=O)OC(C)(C)C)C4)nc3c2F)c2c(C#C[Si](C(C)C)(C(C)C)C(C)C)c(F)ccc2c1. The summed E-state index contributed by atoms with van der Waals surface area (Å²) in [6.45, 7) is 31.6. The first-order valence-electron chi connectivity index (χ1n) is 28.1. The number of ether oxygens (including phenoxy) is 6. The number of likely N-dealkylation sites (N-methyl/N-ethyl adjacent to an activating group) is 1. The number of hydrogen-bond acceptors (Lipinski definition) is 15. The molecule has 3 aliphatic heterocycles. The zero-order valence-corrected chi connectivity index (χ0v) is 51.3. The maximum atomic E-state index is 18.5. The molecule has 7 rings (SSSR count). The molecule has 0 radical (unpaired) electrons. The summed E-state index contributed by atoms with van der Waals surface area (Å²) in [4.78, 5) is 63.2. The third-order valence-electron chi connectivity index (χ3n) is 15.4. The van der Waals surface area contributed by atoms with Gasteiger partial charge in [-0.1, -0.05) is 53.5 Å². The lowest BCUT2D eigenvalue weighted by Crippen LogP contribution is -2.66.